The second-order valence-corrected chi connectivity index (χ2v) is 8.78. The zero-order chi connectivity index (χ0) is 21.8. The molecular weight excluding hydrogens is 400 g/mol. The number of hydrogen-bond acceptors (Lipinski definition) is 5. The Bertz CT molecular complexity index is 1070. The van der Waals surface area contributed by atoms with Gasteiger partial charge in [0.05, 0.1) is 18.7 Å². The van der Waals surface area contributed by atoms with Crippen molar-refractivity contribution < 1.29 is 9.53 Å². The first-order valence-electron chi connectivity index (χ1n) is 11.7. The monoisotopic (exact) mass is 430 g/mol. The number of likely N-dealkylation sites (tertiary alicyclic amines) is 1. The van der Waals surface area contributed by atoms with Gasteiger partial charge in [-0.15, -0.1) is 0 Å². The molecule has 2 aromatic heterocycles. The van der Waals surface area contributed by atoms with E-state index in [4.69, 9.17) is 4.74 Å². The molecule has 6 heteroatoms. The highest BCUT2D eigenvalue weighted by Gasteiger charge is 2.23. The summed E-state index contributed by atoms with van der Waals surface area (Å²) in [5.74, 6) is 1.58. The number of amides is 1. The fraction of sp³-hybridized carbons (Fsp3) is 0.423. The Balaban J connectivity index is 1.25. The standard InChI is InChI=1S/C26H30N4O2/c31-26(22-8-11-28-25(19-22)29-14-16-32-17-15-29)30-12-3-4-20(9-13-30)18-21-7-10-27-24-6-2-1-5-23(21)24/h1-2,5-8,10-11,19-20H,3-4,9,12-18H2/t20-/m0/s1. The summed E-state index contributed by atoms with van der Waals surface area (Å²) in [6, 6.07) is 14.3. The van der Waals surface area contributed by atoms with Gasteiger partial charge in [-0.2, -0.15) is 0 Å². The first-order chi connectivity index (χ1) is 15.8. The summed E-state index contributed by atoms with van der Waals surface area (Å²) in [5, 5.41) is 1.25. The molecule has 32 heavy (non-hydrogen) atoms. The minimum absolute atomic E-state index is 0.122. The third-order valence-electron chi connectivity index (χ3n) is 6.71. The van der Waals surface area contributed by atoms with Crippen molar-refractivity contribution in [1.29, 1.82) is 0 Å². The number of pyridine rings is 2. The van der Waals surface area contributed by atoms with Crippen molar-refractivity contribution in [3.05, 3.63) is 66.0 Å². The van der Waals surface area contributed by atoms with Crippen molar-refractivity contribution in [2.24, 2.45) is 5.92 Å². The molecule has 2 aliphatic rings. The number of rotatable bonds is 4. The number of fused-ring (bicyclic) bond motifs is 1. The number of nitrogens with zero attached hydrogens (tertiary/aromatic N) is 4. The van der Waals surface area contributed by atoms with Crippen molar-refractivity contribution in [3.63, 3.8) is 0 Å². The molecule has 1 atom stereocenters. The van der Waals surface area contributed by atoms with E-state index in [0.717, 1.165) is 68.8 Å². The lowest BCUT2D eigenvalue weighted by Gasteiger charge is -2.28. The molecule has 2 saturated heterocycles. The molecule has 2 aliphatic heterocycles. The molecule has 0 spiro atoms. The molecule has 5 rings (SSSR count). The Hall–Kier alpha value is -2.99. The number of carbonyl (C=O) groups is 1. The Morgan fingerprint density at radius 3 is 2.72 bits per heavy atom. The summed E-state index contributed by atoms with van der Waals surface area (Å²) < 4.78 is 5.44. The van der Waals surface area contributed by atoms with Gasteiger partial charge in [0.2, 0.25) is 0 Å². The molecule has 2 fully saturated rings. The quantitative estimate of drug-likeness (QED) is 0.627. The van der Waals surface area contributed by atoms with E-state index in [1.165, 1.54) is 10.9 Å². The molecule has 0 N–H and O–H groups in total. The lowest BCUT2D eigenvalue weighted by Crippen LogP contribution is -2.37. The molecule has 0 aliphatic carbocycles. The smallest absolute Gasteiger partial charge is 0.254 e. The summed E-state index contributed by atoms with van der Waals surface area (Å²) in [6.45, 7) is 4.68. The normalized spacial score (nSPS) is 19.7. The van der Waals surface area contributed by atoms with Crippen LogP contribution in [0, 0.1) is 5.92 Å². The van der Waals surface area contributed by atoms with Gasteiger partial charge in [-0.1, -0.05) is 18.2 Å². The zero-order valence-electron chi connectivity index (χ0n) is 18.4. The minimum Gasteiger partial charge on any atom is -0.378 e. The number of anilines is 1. The summed E-state index contributed by atoms with van der Waals surface area (Å²) >= 11 is 0. The van der Waals surface area contributed by atoms with Crippen LogP contribution in [0.3, 0.4) is 0 Å². The molecular formula is C26H30N4O2. The Morgan fingerprint density at radius 1 is 0.969 bits per heavy atom. The van der Waals surface area contributed by atoms with E-state index in [-0.39, 0.29) is 5.91 Å². The molecule has 3 aromatic rings. The molecule has 1 amide bonds. The van der Waals surface area contributed by atoms with E-state index >= 15 is 0 Å². The predicted molar refractivity (Wildman–Crippen MR) is 126 cm³/mol. The molecule has 4 heterocycles. The van der Waals surface area contributed by atoms with Crippen molar-refractivity contribution in [2.45, 2.75) is 25.7 Å². The zero-order valence-corrected chi connectivity index (χ0v) is 18.4. The summed E-state index contributed by atoms with van der Waals surface area (Å²) in [5.41, 5.74) is 3.16. The highest BCUT2D eigenvalue weighted by molar-refractivity contribution is 5.95. The maximum absolute atomic E-state index is 13.3. The molecule has 0 radical (unpaired) electrons. The minimum atomic E-state index is 0.122. The van der Waals surface area contributed by atoms with Crippen molar-refractivity contribution in [2.75, 3.05) is 44.3 Å². The first-order valence-corrected chi connectivity index (χ1v) is 11.7. The van der Waals surface area contributed by atoms with Gasteiger partial charge in [0.15, 0.2) is 0 Å². The molecule has 0 bridgehead atoms. The average molecular weight is 431 g/mol. The van der Waals surface area contributed by atoms with E-state index in [1.54, 1.807) is 6.20 Å². The van der Waals surface area contributed by atoms with Crippen LogP contribution in [0.15, 0.2) is 54.9 Å². The summed E-state index contributed by atoms with van der Waals surface area (Å²) in [6.07, 6.45) is 7.94. The van der Waals surface area contributed by atoms with Crippen LogP contribution in [-0.2, 0) is 11.2 Å². The third kappa shape index (κ3) is 4.60. The van der Waals surface area contributed by atoms with Crippen LogP contribution < -0.4 is 4.90 Å². The lowest BCUT2D eigenvalue weighted by atomic mass is 9.91. The van der Waals surface area contributed by atoms with E-state index in [9.17, 15) is 4.79 Å². The van der Waals surface area contributed by atoms with Crippen LogP contribution in [-0.4, -0.2) is 60.2 Å². The number of para-hydroxylation sites is 1. The maximum Gasteiger partial charge on any atom is 0.254 e. The van der Waals surface area contributed by atoms with Crippen LogP contribution in [0.4, 0.5) is 5.82 Å². The number of benzene rings is 1. The van der Waals surface area contributed by atoms with Crippen LogP contribution in [0.5, 0.6) is 0 Å². The van der Waals surface area contributed by atoms with Gasteiger partial charge in [0.1, 0.15) is 5.82 Å². The molecule has 0 saturated carbocycles. The fourth-order valence-corrected chi connectivity index (χ4v) is 4.92. The van der Waals surface area contributed by atoms with Gasteiger partial charge >= 0.3 is 0 Å². The molecule has 166 valence electrons. The van der Waals surface area contributed by atoms with Gasteiger partial charge in [-0.25, -0.2) is 4.98 Å². The molecule has 6 nitrogen and oxygen atoms in total. The Labute approximate surface area is 189 Å². The van der Waals surface area contributed by atoms with Gasteiger partial charge in [-0.05, 0) is 61.4 Å². The van der Waals surface area contributed by atoms with E-state index in [2.05, 4.69) is 39.1 Å². The van der Waals surface area contributed by atoms with Gasteiger partial charge in [0.25, 0.3) is 5.91 Å². The Kier molecular flexibility index (Phi) is 6.30. The number of aromatic nitrogens is 2. The van der Waals surface area contributed by atoms with E-state index in [1.807, 2.05) is 29.3 Å². The Morgan fingerprint density at radius 2 is 1.81 bits per heavy atom. The second-order valence-electron chi connectivity index (χ2n) is 8.78. The van der Waals surface area contributed by atoms with Gasteiger partial charge in [0, 0.05) is 49.5 Å². The number of ether oxygens (including phenoxy) is 1. The van der Waals surface area contributed by atoms with Gasteiger partial charge < -0.3 is 14.5 Å². The van der Waals surface area contributed by atoms with Crippen LogP contribution in [0.2, 0.25) is 0 Å². The average Bonchev–Trinajstić information content (AvgIpc) is 3.10. The van der Waals surface area contributed by atoms with E-state index in [0.29, 0.717) is 19.1 Å². The van der Waals surface area contributed by atoms with Crippen LogP contribution >= 0.6 is 0 Å². The topological polar surface area (TPSA) is 58.6 Å². The summed E-state index contributed by atoms with van der Waals surface area (Å²) in [7, 11) is 0. The highest BCUT2D eigenvalue weighted by Crippen LogP contribution is 2.26. The van der Waals surface area contributed by atoms with E-state index < -0.39 is 0 Å². The number of carbonyl (C=O) groups excluding carboxylic acids is 1. The summed E-state index contributed by atoms with van der Waals surface area (Å²) in [4.78, 5) is 26.5. The number of morpholine rings is 1. The largest absolute Gasteiger partial charge is 0.378 e. The van der Waals surface area contributed by atoms with Crippen LogP contribution in [0.1, 0.15) is 35.2 Å². The van der Waals surface area contributed by atoms with Crippen LogP contribution in [0.25, 0.3) is 10.9 Å². The second kappa shape index (κ2) is 9.65. The number of hydrogen-bond donors (Lipinski definition) is 0. The lowest BCUT2D eigenvalue weighted by molar-refractivity contribution is 0.0760. The molecule has 1 aromatic carbocycles. The maximum atomic E-state index is 13.3. The fourth-order valence-electron chi connectivity index (χ4n) is 4.92. The SMILES string of the molecule is O=C(c1ccnc(N2CCOCC2)c1)N1CCC[C@H](Cc2ccnc3ccccc23)CC1. The van der Waals surface area contributed by atoms with Gasteiger partial charge in [-0.3, -0.25) is 9.78 Å². The third-order valence-corrected chi connectivity index (χ3v) is 6.71. The van der Waals surface area contributed by atoms with Crippen molar-refractivity contribution >= 4 is 22.6 Å². The first kappa shape index (κ1) is 20.9. The molecule has 0 unspecified atom stereocenters. The van der Waals surface area contributed by atoms with Crippen molar-refractivity contribution in [1.82, 2.24) is 14.9 Å². The van der Waals surface area contributed by atoms with Crippen molar-refractivity contribution in [3.8, 4) is 0 Å². The highest BCUT2D eigenvalue weighted by atomic mass is 16.5. The predicted octanol–water partition coefficient (Wildman–Crippen LogP) is 3.95.